The Labute approximate surface area is 103 Å². The molecule has 0 unspecified atom stereocenters. The smallest absolute Gasteiger partial charge is 0.306 e. The summed E-state index contributed by atoms with van der Waals surface area (Å²) in [6, 6.07) is 6.28. The van der Waals surface area contributed by atoms with E-state index in [0.717, 1.165) is 12.0 Å². The fourth-order valence-electron chi connectivity index (χ4n) is 1.64. The fraction of sp³-hybridized carbons (Fsp3) is 0.400. The van der Waals surface area contributed by atoms with Crippen LogP contribution in [-0.4, -0.2) is 12.6 Å². The van der Waals surface area contributed by atoms with Crippen molar-refractivity contribution in [1.82, 2.24) is 0 Å². The molecular weight excluding hydrogens is 212 g/mol. The zero-order valence-electron chi connectivity index (χ0n) is 10.9. The van der Waals surface area contributed by atoms with Gasteiger partial charge in [-0.05, 0) is 43.9 Å². The van der Waals surface area contributed by atoms with Crippen molar-refractivity contribution >= 4 is 5.97 Å². The van der Waals surface area contributed by atoms with Crippen molar-refractivity contribution in [3.63, 3.8) is 0 Å². The van der Waals surface area contributed by atoms with E-state index in [2.05, 4.69) is 38.6 Å². The molecular formula is C15H20O2. The lowest BCUT2D eigenvalue weighted by molar-refractivity contribution is -0.142. The van der Waals surface area contributed by atoms with Gasteiger partial charge in [0.1, 0.15) is 6.61 Å². The lowest BCUT2D eigenvalue weighted by Gasteiger charge is -2.07. The highest BCUT2D eigenvalue weighted by Gasteiger charge is 2.05. The van der Waals surface area contributed by atoms with E-state index in [9.17, 15) is 4.79 Å². The number of esters is 1. The first-order chi connectivity index (χ1) is 7.99. The molecule has 0 atom stereocenters. The minimum atomic E-state index is -0.159. The van der Waals surface area contributed by atoms with Gasteiger partial charge in [-0.15, -0.1) is 0 Å². The van der Waals surface area contributed by atoms with Crippen LogP contribution in [0.15, 0.2) is 30.4 Å². The van der Waals surface area contributed by atoms with Gasteiger partial charge in [-0.3, -0.25) is 4.79 Å². The average Bonchev–Trinajstić information content (AvgIpc) is 2.25. The summed E-state index contributed by atoms with van der Waals surface area (Å²) in [6.45, 7) is 10.0. The molecule has 0 spiro atoms. The number of hydrogen-bond acceptors (Lipinski definition) is 2. The first kappa shape index (κ1) is 13.5. The minimum Gasteiger partial charge on any atom is -0.461 e. The summed E-state index contributed by atoms with van der Waals surface area (Å²) in [6.07, 6.45) is 1.16. The van der Waals surface area contributed by atoms with Gasteiger partial charge in [-0.25, -0.2) is 0 Å². The van der Waals surface area contributed by atoms with E-state index in [1.54, 1.807) is 0 Å². The van der Waals surface area contributed by atoms with Crippen LogP contribution in [-0.2, 0) is 16.0 Å². The van der Waals surface area contributed by atoms with Gasteiger partial charge in [0.15, 0.2) is 0 Å². The minimum absolute atomic E-state index is 0.159. The Morgan fingerprint density at radius 1 is 1.35 bits per heavy atom. The quantitative estimate of drug-likeness (QED) is 0.575. The highest BCUT2D eigenvalue weighted by Crippen LogP contribution is 2.12. The van der Waals surface area contributed by atoms with Crippen LogP contribution >= 0.6 is 0 Å². The van der Waals surface area contributed by atoms with Gasteiger partial charge in [0, 0.05) is 6.42 Å². The molecule has 0 heterocycles. The van der Waals surface area contributed by atoms with Crippen molar-refractivity contribution in [2.75, 3.05) is 6.61 Å². The van der Waals surface area contributed by atoms with E-state index in [-0.39, 0.29) is 5.97 Å². The highest BCUT2D eigenvalue weighted by atomic mass is 16.5. The third kappa shape index (κ3) is 4.85. The van der Waals surface area contributed by atoms with Gasteiger partial charge in [-0.2, -0.15) is 0 Å². The average molecular weight is 232 g/mol. The maximum absolute atomic E-state index is 11.4. The molecule has 92 valence electrons. The normalized spacial score (nSPS) is 10.1. The van der Waals surface area contributed by atoms with E-state index >= 15 is 0 Å². The van der Waals surface area contributed by atoms with E-state index in [1.165, 1.54) is 16.7 Å². The highest BCUT2D eigenvalue weighted by molar-refractivity contribution is 5.70. The molecule has 0 aromatic heterocycles. The van der Waals surface area contributed by atoms with E-state index in [1.807, 2.05) is 6.92 Å². The van der Waals surface area contributed by atoms with Crippen LogP contribution in [0.2, 0.25) is 0 Å². The Kier molecular flexibility index (Phi) is 4.95. The Morgan fingerprint density at radius 2 is 2.06 bits per heavy atom. The van der Waals surface area contributed by atoms with Crippen molar-refractivity contribution in [2.45, 2.75) is 33.6 Å². The van der Waals surface area contributed by atoms with Crippen LogP contribution in [0.5, 0.6) is 0 Å². The summed E-state index contributed by atoms with van der Waals surface area (Å²) >= 11 is 0. The molecule has 0 fully saturated rings. The van der Waals surface area contributed by atoms with Crippen LogP contribution in [0, 0.1) is 13.8 Å². The van der Waals surface area contributed by atoms with Crippen molar-refractivity contribution in [3.8, 4) is 0 Å². The third-order valence-corrected chi connectivity index (χ3v) is 2.58. The molecule has 2 heteroatoms. The van der Waals surface area contributed by atoms with Crippen LogP contribution < -0.4 is 0 Å². The number of benzene rings is 1. The first-order valence-electron chi connectivity index (χ1n) is 5.85. The standard InChI is InChI=1S/C15H20O2/c1-11(2)10-17-15(16)8-7-14-6-5-12(3)9-13(14)4/h5-6,9H,1,7-8,10H2,2-4H3. The van der Waals surface area contributed by atoms with Gasteiger partial charge >= 0.3 is 5.97 Å². The molecule has 0 N–H and O–H groups in total. The van der Waals surface area contributed by atoms with Crippen LogP contribution in [0.25, 0.3) is 0 Å². The largest absolute Gasteiger partial charge is 0.461 e. The van der Waals surface area contributed by atoms with Crippen molar-refractivity contribution < 1.29 is 9.53 Å². The molecule has 0 radical (unpaired) electrons. The van der Waals surface area contributed by atoms with Crippen molar-refractivity contribution in [1.29, 1.82) is 0 Å². The topological polar surface area (TPSA) is 26.3 Å². The molecule has 17 heavy (non-hydrogen) atoms. The number of carbonyl (C=O) groups is 1. The molecule has 0 saturated carbocycles. The Bertz CT molecular complexity index is 419. The van der Waals surface area contributed by atoms with Crippen molar-refractivity contribution in [3.05, 3.63) is 47.0 Å². The molecule has 0 amide bonds. The summed E-state index contributed by atoms with van der Waals surface area (Å²) in [5.74, 6) is -0.159. The second-order valence-electron chi connectivity index (χ2n) is 4.55. The fourth-order valence-corrected chi connectivity index (χ4v) is 1.64. The lowest BCUT2D eigenvalue weighted by Crippen LogP contribution is -2.07. The van der Waals surface area contributed by atoms with Gasteiger partial charge < -0.3 is 4.74 Å². The SMILES string of the molecule is C=C(C)COC(=O)CCc1ccc(C)cc1C. The van der Waals surface area contributed by atoms with Crippen molar-refractivity contribution in [2.24, 2.45) is 0 Å². The number of carbonyl (C=O) groups excluding carboxylic acids is 1. The van der Waals surface area contributed by atoms with E-state index < -0.39 is 0 Å². The number of rotatable bonds is 5. The van der Waals surface area contributed by atoms with Crippen LogP contribution in [0.4, 0.5) is 0 Å². The molecule has 0 aliphatic rings. The maximum Gasteiger partial charge on any atom is 0.306 e. The van der Waals surface area contributed by atoms with Crippen LogP contribution in [0.3, 0.4) is 0 Å². The number of aryl methyl sites for hydroxylation is 3. The monoisotopic (exact) mass is 232 g/mol. The lowest BCUT2D eigenvalue weighted by atomic mass is 10.0. The van der Waals surface area contributed by atoms with Gasteiger partial charge in [0.05, 0.1) is 0 Å². The van der Waals surface area contributed by atoms with E-state index in [4.69, 9.17) is 4.74 Å². The molecule has 0 saturated heterocycles. The number of hydrogen-bond donors (Lipinski definition) is 0. The van der Waals surface area contributed by atoms with Crippen LogP contribution in [0.1, 0.15) is 30.0 Å². The van der Waals surface area contributed by atoms with Gasteiger partial charge in [-0.1, -0.05) is 30.3 Å². The molecule has 1 aromatic rings. The molecule has 1 rings (SSSR count). The second kappa shape index (κ2) is 6.24. The predicted octanol–water partition coefficient (Wildman–Crippen LogP) is 3.36. The predicted molar refractivity (Wildman–Crippen MR) is 70.0 cm³/mol. The zero-order chi connectivity index (χ0) is 12.8. The molecule has 2 nitrogen and oxygen atoms in total. The molecule has 0 aliphatic heterocycles. The van der Waals surface area contributed by atoms with E-state index in [0.29, 0.717) is 13.0 Å². The van der Waals surface area contributed by atoms with Gasteiger partial charge in [0.2, 0.25) is 0 Å². The molecule has 0 bridgehead atoms. The van der Waals surface area contributed by atoms with Gasteiger partial charge in [0.25, 0.3) is 0 Å². The molecule has 0 aliphatic carbocycles. The second-order valence-corrected chi connectivity index (χ2v) is 4.55. The summed E-state index contributed by atoms with van der Waals surface area (Å²) in [5.41, 5.74) is 4.56. The maximum atomic E-state index is 11.4. The number of ether oxygens (including phenoxy) is 1. The third-order valence-electron chi connectivity index (χ3n) is 2.58. The molecule has 1 aromatic carbocycles. The zero-order valence-corrected chi connectivity index (χ0v) is 10.9. The Hall–Kier alpha value is -1.57. The summed E-state index contributed by atoms with van der Waals surface area (Å²) in [7, 11) is 0. The summed E-state index contributed by atoms with van der Waals surface area (Å²) < 4.78 is 5.05. The Morgan fingerprint density at radius 3 is 2.65 bits per heavy atom. The summed E-state index contributed by atoms with van der Waals surface area (Å²) in [5, 5.41) is 0. The Balaban J connectivity index is 2.44. The first-order valence-corrected chi connectivity index (χ1v) is 5.85. The summed E-state index contributed by atoms with van der Waals surface area (Å²) in [4.78, 5) is 11.4.